The smallest absolute Gasteiger partial charge is 0.244 e. The zero-order valence-corrected chi connectivity index (χ0v) is 14.7. The highest BCUT2D eigenvalue weighted by molar-refractivity contribution is 7.89. The van der Waals surface area contributed by atoms with E-state index in [0.29, 0.717) is 5.75 Å². The van der Waals surface area contributed by atoms with E-state index in [-0.39, 0.29) is 16.9 Å². The number of hydrogen-bond acceptors (Lipinski definition) is 3. The van der Waals surface area contributed by atoms with Crippen molar-refractivity contribution in [1.82, 2.24) is 4.72 Å². The highest BCUT2D eigenvalue weighted by atomic mass is 32.2. The first-order chi connectivity index (χ1) is 10.8. The summed E-state index contributed by atoms with van der Waals surface area (Å²) in [6, 6.07) is 14.4. The Kier molecular flexibility index (Phi) is 5.44. The van der Waals surface area contributed by atoms with E-state index in [9.17, 15) is 8.42 Å². The molecular formula is C18H23NO3S. The van der Waals surface area contributed by atoms with Crippen LogP contribution in [0.15, 0.2) is 53.4 Å². The van der Waals surface area contributed by atoms with Gasteiger partial charge in [-0.1, -0.05) is 50.2 Å². The third-order valence-corrected chi connectivity index (χ3v) is 5.34. The Labute approximate surface area is 138 Å². The minimum absolute atomic E-state index is 0.175. The summed E-state index contributed by atoms with van der Waals surface area (Å²) in [4.78, 5) is 0.175. The van der Waals surface area contributed by atoms with Crippen molar-refractivity contribution >= 4 is 10.0 Å². The summed E-state index contributed by atoms with van der Waals surface area (Å²) < 4.78 is 33.5. The van der Waals surface area contributed by atoms with Crippen LogP contribution in [0.1, 0.15) is 43.9 Å². The van der Waals surface area contributed by atoms with E-state index in [1.165, 1.54) is 7.11 Å². The third-order valence-electron chi connectivity index (χ3n) is 3.78. The minimum Gasteiger partial charge on any atom is -0.495 e. The molecule has 0 amide bonds. The normalized spacial score (nSPS) is 13.1. The fraction of sp³-hybridized carbons (Fsp3) is 0.333. The largest absolute Gasteiger partial charge is 0.495 e. The Morgan fingerprint density at radius 2 is 1.61 bits per heavy atom. The summed E-state index contributed by atoms with van der Waals surface area (Å²) in [6.07, 6.45) is 0. The monoisotopic (exact) mass is 333 g/mol. The molecule has 2 aromatic carbocycles. The predicted octanol–water partition coefficient (Wildman–Crippen LogP) is 3.86. The van der Waals surface area contributed by atoms with Gasteiger partial charge in [-0.25, -0.2) is 13.1 Å². The van der Waals surface area contributed by atoms with Gasteiger partial charge in [0.1, 0.15) is 10.6 Å². The summed E-state index contributed by atoms with van der Waals surface area (Å²) in [5.41, 5.74) is 1.87. The van der Waals surface area contributed by atoms with Gasteiger partial charge >= 0.3 is 0 Å². The first kappa shape index (κ1) is 17.5. The molecule has 0 saturated heterocycles. The Bertz CT molecular complexity index is 755. The molecule has 0 fully saturated rings. The number of benzene rings is 2. The average Bonchev–Trinajstić information content (AvgIpc) is 2.54. The van der Waals surface area contributed by atoms with Crippen LogP contribution >= 0.6 is 0 Å². The second-order valence-electron chi connectivity index (χ2n) is 5.82. The van der Waals surface area contributed by atoms with Crippen molar-refractivity contribution in [2.45, 2.75) is 37.6 Å². The Morgan fingerprint density at radius 1 is 0.957 bits per heavy atom. The fourth-order valence-corrected chi connectivity index (χ4v) is 3.80. The van der Waals surface area contributed by atoms with Crippen LogP contribution in [0.2, 0.25) is 0 Å². The summed E-state index contributed by atoms with van der Waals surface area (Å²) in [7, 11) is -2.21. The second kappa shape index (κ2) is 7.15. The van der Waals surface area contributed by atoms with Crippen molar-refractivity contribution in [3.05, 3.63) is 59.7 Å². The standard InChI is InChI=1S/C18H23NO3S/c1-13(2)16-10-11-17(22-4)18(12-16)23(20,21)19-14(3)15-8-6-5-7-9-15/h5-14,19H,1-4H3/t14-/m0/s1. The number of ether oxygens (including phenoxy) is 1. The van der Waals surface area contributed by atoms with Crippen LogP contribution in [-0.4, -0.2) is 15.5 Å². The van der Waals surface area contributed by atoms with Crippen LogP contribution in [0.4, 0.5) is 0 Å². The van der Waals surface area contributed by atoms with Gasteiger partial charge < -0.3 is 4.74 Å². The van der Waals surface area contributed by atoms with Gasteiger partial charge in [-0.3, -0.25) is 0 Å². The topological polar surface area (TPSA) is 55.4 Å². The fourth-order valence-electron chi connectivity index (χ4n) is 2.37. The molecular weight excluding hydrogens is 310 g/mol. The molecule has 4 nitrogen and oxygen atoms in total. The molecule has 2 rings (SSSR count). The highest BCUT2D eigenvalue weighted by Gasteiger charge is 2.23. The molecule has 0 spiro atoms. The number of nitrogens with one attached hydrogen (secondary N) is 1. The average molecular weight is 333 g/mol. The first-order valence-corrected chi connectivity index (χ1v) is 9.08. The van der Waals surface area contributed by atoms with E-state index in [0.717, 1.165) is 11.1 Å². The van der Waals surface area contributed by atoms with E-state index in [1.807, 2.05) is 57.2 Å². The maximum atomic E-state index is 12.8. The lowest BCUT2D eigenvalue weighted by molar-refractivity contribution is 0.401. The number of sulfonamides is 1. The minimum atomic E-state index is -3.68. The Balaban J connectivity index is 2.37. The van der Waals surface area contributed by atoms with E-state index >= 15 is 0 Å². The molecule has 23 heavy (non-hydrogen) atoms. The summed E-state index contributed by atoms with van der Waals surface area (Å²) in [5.74, 6) is 0.587. The van der Waals surface area contributed by atoms with Crippen LogP contribution in [0, 0.1) is 0 Å². The molecule has 0 saturated carbocycles. The summed E-state index contributed by atoms with van der Waals surface area (Å²) >= 11 is 0. The van der Waals surface area contributed by atoms with Crippen LogP contribution in [0.3, 0.4) is 0 Å². The Morgan fingerprint density at radius 3 is 2.17 bits per heavy atom. The zero-order valence-electron chi connectivity index (χ0n) is 13.9. The second-order valence-corrected chi connectivity index (χ2v) is 7.50. The quantitative estimate of drug-likeness (QED) is 0.873. The van der Waals surface area contributed by atoms with Crippen LogP contribution in [0.25, 0.3) is 0 Å². The number of rotatable bonds is 6. The molecule has 0 unspecified atom stereocenters. The molecule has 0 bridgehead atoms. The highest BCUT2D eigenvalue weighted by Crippen LogP contribution is 2.29. The van der Waals surface area contributed by atoms with Gasteiger partial charge in [0.05, 0.1) is 7.11 Å². The van der Waals surface area contributed by atoms with Gasteiger partial charge in [0.15, 0.2) is 0 Å². The summed E-state index contributed by atoms with van der Waals surface area (Å²) in [6.45, 7) is 5.88. The molecule has 1 N–H and O–H groups in total. The van der Waals surface area contributed by atoms with Gasteiger partial charge in [-0.05, 0) is 36.1 Å². The maximum Gasteiger partial charge on any atom is 0.244 e. The molecule has 2 aromatic rings. The van der Waals surface area contributed by atoms with E-state index in [4.69, 9.17) is 4.74 Å². The molecule has 0 aromatic heterocycles. The van der Waals surface area contributed by atoms with Gasteiger partial charge in [0, 0.05) is 6.04 Å². The zero-order chi connectivity index (χ0) is 17.0. The molecule has 0 aliphatic carbocycles. The first-order valence-electron chi connectivity index (χ1n) is 7.60. The molecule has 0 aliphatic rings. The van der Waals surface area contributed by atoms with E-state index in [2.05, 4.69) is 4.72 Å². The number of hydrogen-bond donors (Lipinski definition) is 1. The Hall–Kier alpha value is -1.85. The third kappa shape index (κ3) is 4.12. The molecule has 1 atom stereocenters. The molecule has 124 valence electrons. The van der Waals surface area contributed by atoms with Gasteiger partial charge in [-0.2, -0.15) is 0 Å². The molecule has 5 heteroatoms. The molecule has 0 aliphatic heterocycles. The lowest BCUT2D eigenvalue weighted by Gasteiger charge is -2.17. The molecule has 0 radical (unpaired) electrons. The van der Waals surface area contributed by atoms with Crippen LogP contribution in [-0.2, 0) is 10.0 Å². The van der Waals surface area contributed by atoms with Crippen LogP contribution in [0.5, 0.6) is 5.75 Å². The maximum absolute atomic E-state index is 12.8. The van der Waals surface area contributed by atoms with E-state index in [1.54, 1.807) is 12.1 Å². The van der Waals surface area contributed by atoms with Crippen molar-refractivity contribution in [2.75, 3.05) is 7.11 Å². The number of methoxy groups -OCH3 is 1. The van der Waals surface area contributed by atoms with Crippen molar-refractivity contribution in [1.29, 1.82) is 0 Å². The van der Waals surface area contributed by atoms with Gasteiger partial charge in [-0.15, -0.1) is 0 Å². The van der Waals surface area contributed by atoms with Crippen molar-refractivity contribution in [3.8, 4) is 5.75 Å². The summed E-state index contributed by atoms with van der Waals surface area (Å²) in [5, 5.41) is 0. The predicted molar refractivity (Wildman–Crippen MR) is 92.3 cm³/mol. The lowest BCUT2D eigenvalue weighted by Crippen LogP contribution is -2.27. The lowest BCUT2D eigenvalue weighted by atomic mass is 10.0. The van der Waals surface area contributed by atoms with E-state index < -0.39 is 10.0 Å². The van der Waals surface area contributed by atoms with Crippen molar-refractivity contribution in [2.24, 2.45) is 0 Å². The van der Waals surface area contributed by atoms with Gasteiger partial charge in [0.25, 0.3) is 0 Å². The SMILES string of the molecule is COc1ccc(C(C)C)cc1S(=O)(=O)N[C@@H](C)c1ccccc1. The van der Waals surface area contributed by atoms with Crippen molar-refractivity contribution in [3.63, 3.8) is 0 Å². The van der Waals surface area contributed by atoms with Crippen LogP contribution < -0.4 is 9.46 Å². The van der Waals surface area contributed by atoms with Gasteiger partial charge in [0.2, 0.25) is 10.0 Å². The van der Waals surface area contributed by atoms with Crippen molar-refractivity contribution < 1.29 is 13.2 Å². The molecule has 0 heterocycles.